The van der Waals surface area contributed by atoms with E-state index in [2.05, 4.69) is 15.3 Å². The molecule has 0 bridgehead atoms. The summed E-state index contributed by atoms with van der Waals surface area (Å²) < 4.78 is 0. The number of rotatable bonds is 1. The smallest absolute Gasteiger partial charge is 0.274 e. The van der Waals surface area contributed by atoms with Gasteiger partial charge in [0.25, 0.3) is 5.91 Å². The van der Waals surface area contributed by atoms with Gasteiger partial charge in [0, 0.05) is 25.7 Å². The molecule has 1 N–H and O–H groups in total. The van der Waals surface area contributed by atoms with Crippen LogP contribution in [0.3, 0.4) is 0 Å². The molecule has 0 spiro atoms. The molecule has 1 amide bonds. The highest BCUT2D eigenvalue weighted by Crippen LogP contribution is 2.12. The number of benzene rings is 1. The summed E-state index contributed by atoms with van der Waals surface area (Å²) in [5, 5.41) is 3.27. The lowest BCUT2D eigenvalue weighted by molar-refractivity contribution is 0.0649. The van der Waals surface area contributed by atoms with E-state index in [9.17, 15) is 4.79 Å². The Morgan fingerprint density at radius 3 is 2.71 bits per heavy atom. The van der Waals surface area contributed by atoms with Gasteiger partial charge in [-0.1, -0.05) is 12.1 Å². The Hall–Kier alpha value is -1.43. The van der Waals surface area contributed by atoms with Crippen molar-refractivity contribution in [2.45, 2.75) is 13.0 Å². The summed E-state index contributed by atoms with van der Waals surface area (Å²) in [4.78, 5) is 23.0. The van der Waals surface area contributed by atoms with Gasteiger partial charge in [-0.25, -0.2) is 4.98 Å². The van der Waals surface area contributed by atoms with Crippen molar-refractivity contribution in [3.63, 3.8) is 0 Å². The molecule has 1 saturated heterocycles. The quantitative estimate of drug-likeness (QED) is 0.868. The van der Waals surface area contributed by atoms with Gasteiger partial charge in [0.15, 0.2) is 0 Å². The van der Waals surface area contributed by atoms with Crippen LogP contribution in [0.15, 0.2) is 30.5 Å². The molecule has 7 heteroatoms. The van der Waals surface area contributed by atoms with Crippen LogP contribution in [-0.4, -0.2) is 46.5 Å². The van der Waals surface area contributed by atoms with Gasteiger partial charge in [0.2, 0.25) is 0 Å². The molecule has 2 heterocycles. The highest BCUT2D eigenvalue weighted by atomic mass is 35.5. The molecule has 3 rings (SSSR count). The van der Waals surface area contributed by atoms with Gasteiger partial charge in [-0.3, -0.25) is 9.78 Å². The summed E-state index contributed by atoms with van der Waals surface area (Å²) in [7, 11) is 0. The summed E-state index contributed by atoms with van der Waals surface area (Å²) >= 11 is 0. The lowest BCUT2D eigenvalue weighted by Gasteiger charge is -2.33. The summed E-state index contributed by atoms with van der Waals surface area (Å²) in [6.45, 7) is 4.41. The fourth-order valence-corrected chi connectivity index (χ4v) is 2.35. The molecule has 1 aliphatic heterocycles. The first-order chi connectivity index (χ1) is 9.25. The van der Waals surface area contributed by atoms with Crippen LogP contribution >= 0.6 is 24.8 Å². The second-order valence-corrected chi connectivity index (χ2v) is 4.80. The molecule has 2 aromatic rings. The van der Waals surface area contributed by atoms with E-state index in [1.807, 2.05) is 36.1 Å². The minimum absolute atomic E-state index is 0. The predicted octanol–water partition coefficient (Wildman–Crippen LogP) is 1.91. The number of halogens is 2. The fourth-order valence-electron chi connectivity index (χ4n) is 2.35. The molecular formula is C14H18Cl2N4O. The molecule has 0 saturated carbocycles. The van der Waals surface area contributed by atoms with E-state index in [0.717, 1.165) is 24.1 Å². The van der Waals surface area contributed by atoms with Crippen molar-refractivity contribution in [3.8, 4) is 0 Å². The average molecular weight is 329 g/mol. The van der Waals surface area contributed by atoms with Crippen molar-refractivity contribution in [1.82, 2.24) is 20.2 Å². The van der Waals surface area contributed by atoms with E-state index < -0.39 is 0 Å². The number of carbonyl (C=O) groups excluding carboxylic acids is 1. The highest BCUT2D eigenvalue weighted by Gasteiger charge is 2.25. The fraction of sp³-hybridized carbons (Fsp3) is 0.357. The van der Waals surface area contributed by atoms with E-state index in [-0.39, 0.29) is 36.8 Å². The van der Waals surface area contributed by atoms with Crippen LogP contribution in [-0.2, 0) is 0 Å². The maximum Gasteiger partial charge on any atom is 0.274 e. The van der Waals surface area contributed by atoms with Crippen LogP contribution in [0.1, 0.15) is 17.4 Å². The van der Waals surface area contributed by atoms with Gasteiger partial charge in [-0.05, 0) is 19.1 Å². The minimum Gasteiger partial charge on any atom is -0.332 e. The number of nitrogens with one attached hydrogen (secondary N) is 1. The second-order valence-electron chi connectivity index (χ2n) is 4.80. The van der Waals surface area contributed by atoms with Crippen LogP contribution in [0.5, 0.6) is 0 Å². The van der Waals surface area contributed by atoms with Crippen LogP contribution in [0.2, 0.25) is 0 Å². The van der Waals surface area contributed by atoms with E-state index in [4.69, 9.17) is 0 Å². The SMILES string of the molecule is C[C@H]1CNCCN1C(=O)c1cnc2ccccc2n1.Cl.Cl. The number of amides is 1. The molecule has 1 aromatic carbocycles. The molecule has 1 atom stereocenters. The molecule has 1 aromatic heterocycles. The molecule has 0 aliphatic carbocycles. The zero-order chi connectivity index (χ0) is 13.2. The first-order valence-electron chi connectivity index (χ1n) is 6.49. The molecular weight excluding hydrogens is 311 g/mol. The standard InChI is InChI=1S/C14H16N4O.2ClH/c1-10-8-15-6-7-18(10)14(19)13-9-16-11-4-2-3-5-12(11)17-13;;/h2-5,9-10,15H,6-8H2,1H3;2*1H/t10-;;/m0../s1. The number of piperazine rings is 1. The van der Waals surface area contributed by atoms with Crippen LogP contribution in [0, 0.1) is 0 Å². The summed E-state index contributed by atoms with van der Waals surface area (Å²) in [5.74, 6) is -0.0350. The monoisotopic (exact) mass is 328 g/mol. The maximum absolute atomic E-state index is 12.4. The van der Waals surface area contributed by atoms with Crippen LogP contribution in [0.4, 0.5) is 0 Å². The van der Waals surface area contributed by atoms with Gasteiger partial charge >= 0.3 is 0 Å². The van der Waals surface area contributed by atoms with Crippen LogP contribution in [0.25, 0.3) is 11.0 Å². The van der Waals surface area contributed by atoms with Crippen LogP contribution < -0.4 is 5.32 Å². The number of fused-ring (bicyclic) bond motifs is 1. The Morgan fingerprint density at radius 1 is 1.29 bits per heavy atom. The van der Waals surface area contributed by atoms with Crippen molar-refractivity contribution in [2.24, 2.45) is 0 Å². The lowest BCUT2D eigenvalue weighted by Crippen LogP contribution is -2.52. The van der Waals surface area contributed by atoms with Gasteiger partial charge in [0.05, 0.1) is 17.2 Å². The largest absolute Gasteiger partial charge is 0.332 e. The molecule has 114 valence electrons. The number of hydrogen-bond donors (Lipinski definition) is 1. The van der Waals surface area contributed by atoms with E-state index in [0.29, 0.717) is 12.2 Å². The number of aromatic nitrogens is 2. The molecule has 1 fully saturated rings. The topological polar surface area (TPSA) is 58.1 Å². The first-order valence-corrected chi connectivity index (χ1v) is 6.49. The number of para-hydroxylation sites is 2. The van der Waals surface area contributed by atoms with Gasteiger partial charge < -0.3 is 10.2 Å². The van der Waals surface area contributed by atoms with E-state index >= 15 is 0 Å². The lowest BCUT2D eigenvalue weighted by atomic mass is 10.2. The number of hydrogen-bond acceptors (Lipinski definition) is 4. The summed E-state index contributed by atoms with van der Waals surface area (Å²) in [6, 6.07) is 7.77. The third-order valence-corrected chi connectivity index (χ3v) is 3.43. The van der Waals surface area contributed by atoms with Crippen molar-refractivity contribution in [3.05, 3.63) is 36.2 Å². The molecule has 21 heavy (non-hydrogen) atoms. The van der Waals surface area contributed by atoms with E-state index in [1.165, 1.54) is 0 Å². The van der Waals surface area contributed by atoms with E-state index in [1.54, 1.807) is 6.20 Å². The Kier molecular flexibility index (Phi) is 6.33. The number of nitrogens with zero attached hydrogens (tertiary/aromatic N) is 3. The summed E-state index contributed by atoms with van der Waals surface area (Å²) in [5.41, 5.74) is 2.00. The third-order valence-electron chi connectivity index (χ3n) is 3.43. The maximum atomic E-state index is 12.4. The molecule has 0 unspecified atom stereocenters. The minimum atomic E-state index is -0.0350. The highest BCUT2D eigenvalue weighted by molar-refractivity contribution is 5.94. The molecule has 5 nitrogen and oxygen atoms in total. The zero-order valence-corrected chi connectivity index (χ0v) is 13.3. The predicted molar refractivity (Wildman–Crippen MR) is 87.4 cm³/mol. The van der Waals surface area contributed by atoms with Crippen molar-refractivity contribution >= 4 is 41.8 Å². The average Bonchev–Trinajstić information content (AvgIpc) is 2.46. The Labute approximate surface area is 136 Å². The Bertz CT molecular complexity index is 623. The third kappa shape index (κ3) is 3.61. The van der Waals surface area contributed by atoms with Crippen molar-refractivity contribution < 1.29 is 4.79 Å². The Balaban J connectivity index is 0.00000110. The second kappa shape index (κ2) is 7.54. The normalized spacial score (nSPS) is 17.8. The van der Waals surface area contributed by atoms with Gasteiger partial charge in [-0.2, -0.15) is 0 Å². The number of carbonyl (C=O) groups is 1. The molecule has 0 radical (unpaired) electrons. The molecule has 1 aliphatic rings. The van der Waals surface area contributed by atoms with Crippen molar-refractivity contribution in [2.75, 3.05) is 19.6 Å². The summed E-state index contributed by atoms with van der Waals surface area (Å²) in [6.07, 6.45) is 1.57. The Morgan fingerprint density at radius 2 is 2.00 bits per heavy atom. The first kappa shape index (κ1) is 17.6. The van der Waals surface area contributed by atoms with Crippen molar-refractivity contribution in [1.29, 1.82) is 0 Å². The van der Waals surface area contributed by atoms with Gasteiger partial charge in [-0.15, -0.1) is 24.8 Å². The zero-order valence-electron chi connectivity index (χ0n) is 11.7. The van der Waals surface area contributed by atoms with Gasteiger partial charge in [0.1, 0.15) is 5.69 Å².